The van der Waals surface area contributed by atoms with Gasteiger partial charge < -0.3 is 10.6 Å². The molecular weight excluding hydrogens is 226 g/mol. The van der Waals surface area contributed by atoms with E-state index in [0.717, 1.165) is 5.56 Å². The number of nitrogen functional groups attached to an aromatic ring is 1. The minimum absolute atomic E-state index is 0.121. The molecule has 1 aromatic heterocycles. The van der Waals surface area contributed by atoms with Crippen LogP contribution < -0.4 is 10.6 Å². The first-order valence-electron chi connectivity index (χ1n) is 5.64. The fourth-order valence-corrected chi connectivity index (χ4v) is 1.77. The number of rotatable bonds is 2. The van der Waals surface area contributed by atoms with E-state index in [1.54, 1.807) is 25.5 Å². The van der Waals surface area contributed by atoms with E-state index in [-0.39, 0.29) is 5.91 Å². The molecule has 4 nitrogen and oxygen atoms in total. The largest absolute Gasteiger partial charge is 0.397 e. The second-order valence-corrected chi connectivity index (χ2v) is 4.17. The minimum atomic E-state index is -0.121. The van der Waals surface area contributed by atoms with Crippen molar-refractivity contribution >= 4 is 17.3 Å². The number of carbonyl (C=O) groups is 1. The molecule has 92 valence electrons. The van der Waals surface area contributed by atoms with E-state index in [1.807, 2.05) is 31.2 Å². The fourth-order valence-electron chi connectivity index (χ4n) is 1.77. The molecule has 0 aliphatic carbocycles. The lowest BCUT2D eigenvalue weighted by Gasteiger charge is -2.19. The van der Waals surface area contributed by atoms with E-state index >= 15 is 0 Å². The molecule has 2 aromatic rings. The van der Waals surface area contributed by atoms with Crippen molar-refractivity contribution in [3.05, 3.63) is 53.9 Å². The summed E-state index contributed by atoms with van der Waals surface area (Å²) >= 11 is 0. The molecular formula is C14H15N3O. The van der Waals surface area contributed by atoms with Crippen LogP contribution in [0, 0.1) is 6.92 Å². The maximum absolute atomic E-state index is 12.3. The molecule has 0 aliphatic heterocycles. The smallest absolute Gasteiger partial charge is 0.259 e. The summed E-state index contributed by atoms with van der Waals surface area (Å²) in [6, 6.07) is 9.09. The Balaban J connectivity index is 2.32. The van der Waals surface area contributed by atoms with Crippen LogP contribution in [0.15, 0.2) is 42.7 Å². The maximum Gasteiger partial charge on any atom is 0.259 e. The molecule has 1 amide bonds. The van der Waals surface area contributed by atoms with Gasteiger partial charge in [0.1, 0.15) is 0 Å². The highest BCUT2D eigenvalue weighted by Gasteiger charge is 2.15. The van der Waals surface area contributed by atoms with Crippen LogP contribution in [-0.2, 0) is 0 Å². The van der Waals surface area contributed by atoms with E-state index < -0.39 is 0 Å². The molecule has 1 aromatic carbocycles. The number of hydrogen-bond donors (Lipinski definition) is 1. The molecule has 2 rings (SSSR count). The van der Waals surface area contributed by atoms with E-state index in [0.29, 0.717) is 16.9 Å². The number of aromatic nitrogens is 1. The van der Waals surface area contributed by atoms with Crippen LogP contribution >= 0.6 is 0 Å². The van der Waals surface area contributed by atoms with Crippen molar-refractivity contribution in [3.63, 3.8) is 0 Å². The third kappa shape index (κ3) is 2.32. The first-order chi connectivity index (χ1) is 8.59. The van der Waals surface area contributed by atoms with E-state index in [1.165, 1.54) is 4.90 Å². The van der Waals surface area contributed by atoms with Gasteiger partial charge in [0.25, 0.3) is 5.91 Å². The zero-order valence-electron chi connectivity index (χ0n) is 10.4. The SMILES string of the molecule is Cc1cncc(C(=O)N(C)c2ccccc2N)c1. The fraction of sp³-hybridized carbons (Fsp3) is 0.143. The lowest BCUT2D eigenvalue weighted by molar-refractivity contribution is 0.0992. The second kappa shape index (κ2) is 4.87. The average Bonchev–Trinajstić information content (AvgIpc) is 2.37. The average molecular weight is 241 g/mol. The summed E-state index contributed by atoms with van der Waals surface area (Å²) in [7, 11) is 1.70. The maximum atomic E-state index is 12.3. The third-order valence-electron chi connectivity index (χ3n) is 2.72. The molecule has 0 atom stereocenters. The van der Waals surface area contributed by atoms with Crippen molar-refractivity contribution < 1.29 is 4.79 Å². The van der Waals surface area contributed by atoms with Gasteiger partial charge >= 0.3 is 0 Å². The molecule has 1 heterocycles. The number of carbonyl (C=O) groups excluding carboxylic acids is 1. The molecule has 0 aliphatic rings. The van der Waals surface area contributed by atoms with Crippen molar-refractivity contribution in [3.8, 4) is 0 Å². The van der Waals surface area contributed by atoms with Crippen LogP contribution in [0.2, 0.25) is 0 Å². The van der Waals surface area contributed by atoms with Crippen LogP contribution in [0.1, 0.15) is 15.9 Å². The van der Waals surface area contributed by atoms with Crippen molar-refractivity contribution in [1.82, 2.24) is 4.98 Å². The highest BCUT2D eigenvalue weighted by atomic mass is 16.2. The number of nitrogens with two attached hydrogens (primary N) is 1. The number of para-hydroxylation sites is 2. The number of hydrogen-bond acceptors (Lipinski definition) is 3. The van der Waals surface area contributed by atoms with Crippen molar-refractivity contribution in [2.75, 3.05) is 17.7 Å². The van der Waals surface area contributed by atoms with E-state index in [2.05, 4.69) is 4.98 Å². The predicted molar refractivity (Wildman–Crippen MR) is 72.6 cm³/mol. The van der Waals surface area contributed by atoms with E-state index in [4.69, 9.17) is 5.73 Å². The summed E-state index contributed by atoms with van der Waals surface area (Å²) in [5.74, 6) is -0.121. The summed E-state index contributed by atoms with van der Waals surface area (Å²) in [5.41, 5.74) is 8.64. The molecule has 0 bridgehead atoms. The highest BCUT2D eigenvalue weighted by Crippen LogP contribution is 2.22. The van der Waals surface area contributed by atoms with Gasteiger partial charge in [-0.3, -0.25) is 9.78 Å². The van der Waals surface area contributed by atoms with Crippen LogP contribution in [0.5, 0.6) is 0 Å². The zero-order valence-corrected chi connectivity index (χ0v) is 10.4. The van der Waals surface area contributed by atoms with Crippen LogP contribution in [0.3, 0.4) is 0 Å². The molecule has 0 spiro atoms. The minimum Gasteiger partial charge on any atom is -0.397 e. The van der Waals surface area contributed by atoms with Crippen molar-refractivity contribution in [2.45, 2.75) is 6.92 Å². The Labute approximate surface area is 106 Å². The quantitative estimate of drug-likeness (QED) is 0.820. The molecule has 4 heteroatoms. The summed E-state index contributed by atoms with van der Waals surface area (Å²) in [5, 5.41) is 0. The molecule has 0 radical (unpaired) electrons. The Bertz CT molecular complexity index is 581. The molecule has 0 fully saturated rings. The summed E-state index contributed by atoms with van der Waals surface area (Å²) in [6.07, 6.45) is 3.28. The first-order valence-corrected chi connectivity index (χ1v) is 5.64. The number of aryl methyl sites for hydroxylation is 1. The van der Waals surface area contributed by atoms with Crippen LogP contribution in [0.25, 0.3) is 0 Å². The molecule has 0 saturated heterocycles. The normalized spacial score (nSPS) is 10.1. The number of anilines is 2. The van der Waals surface area contributed by atoms with Gasteiger partial charge in [-0.2, -0.15) is 0 Å². The molecule has 2 N–H and O–H groups in total. The Kier molecular flexibility index (Phi) is 3.28. The van der Waals surface area contributed by atoms with Gasteiger partial charge in [-0.1, -0.05) is 12.1 Å². The number of amides is 1. The number of nitrogens with zero attached hydrogens (tertiary/aromatic N) is 2. The first kappa shape index (κ1) is 12.1. The molecule has 0 unspecified atom stereocenters. The molecule has 0 saturated carbocycles. The number of benzene rings is 1. The van der Waals surface area contributed by atoms with Gasteiger partial charge in [-0.25, -0.2) is 0 Å². The van der Waals surface area contributed by atoms with Crippen LogP contribution in [0.4, 0.5) is 11.4 Å². The molecule has 18 heavy (non-hydrogen) atoms. The number of pyridine rings is 1. The Morgan fingerprint density at radius 3 is 2.67 bits per heavy atom. The summed E-state index contributed by atoms with van der Waals surface area (Å²) < 4.78 is 0. The van der Waals surface area contributed by atoms with Crippen molar-refractivity contribution in [1.29, 1.82) is 0 Å². The Morgan fingerprint density at radius 2 is 2.00 bits per heavy atom. The highest BCUT2D eigenvalue weighted by molar-refractivity contribution is 6.07. The Hall–Kier alpha value is -2.36. The topological polar surface area (TPSA) is 59.2 Å². The van der Waals surface area contributed by atoms with Gasteiger partial charge in [0.05, 0.1) is 16.9 Å². The van der Waals surface area contributed by atoms with Gasteiger partial charge in [0, 0.05) is 19.4 Å². The third-order valence-corrected chi connectivity index (χ3v) is 2.72. The second-order valence-electron chi connectivity index (χ2n) is 4.17. The lowest BCUT2D eigenvalue weighted by Crippen LogP contribution is -2.27. The van der Waals surface area contributed by atoms with Gasteiger partial charge in [0.2, 0.25) is 0 Å². The van der Waals surface area contributed by atoms with Gasteiger partial charge in [-0.05, 0) is 30.7 Å². The van der Waals surface area contributed by atoms with Crippen molar-refractivity contribution in [2.24, 2.45) is 0 Å². The zero-order chi connectivity index (χ0) is 13.1. The monoisotopic (exact) mass is 241 g/mol. The standard InChI is InChI=1S/C14H15N3O/c1-10-7-11(9-16-8-10)14(18)17(2)13-6-4-3-5-12(13)15/h3-9H,15H2,1-2H3. The summed E-state index contributed by atoms with van der Waals surface area (Å²) in [6.45, 7) is 1.90. The summed E-state index contributed by atoms with van der Waals surface area (Å²) in [4.78, 5) is 17.8. The van der Waals surface area contributed by atoms with Crippen LogP contribution in [-0.4, -0.2) is 17.9 Å². The van der Waals surface area contributed by atoms with Gasteiger partial charge in [0.15, 0.2) is 0 Å². The Morgan fingerprint density at radius 1 is 1.28 bits per heavy atom. The van der Waals surface area contributed by atoms with E-state index in [9.17, 15) is 4.79 Å². The predicted octanol–water partition coefficient (Wildman–Crippen LogP) is 2.25. The van der Waals surface area contributed by atoms with Gasteiger partial charge in [-0.15, -0.1) is 0 Å². The lowest BCUT2D eigenvalue weighted by atomic mass is 10.2.